The number of imide groups is 1. The Morgan fingerprint density at radius 3 is 2.38 bits per heavy atom. The highest BCUT2D eigenvalue weighted by Crippen LogP contribution is 2.58. The van der Waals surface area contributed by atoms with Crippen molar-refractivity contribution in [2.75, 3.05) is 27.5 Å². The molecule has 12 heteroatoms. The van der Waals surface area contributed by atoms with Gasteiger partial charge in [0.2, 0.25) is 6.79 Å². The van der Waals surface area contributed by atoms with Crippen LogP contribution in [0, 0.1) is 25.2 Å². The molecule has 0 spiro atoms. The lowest BCUT2D eigenvalue weighted by Crippen LogP contribution is -2.68. The van der Waals surface area contributed by atoms with E-state index in [-0.39, 0.29) is 25.1 Å². The van der Waals surface area contributed by atoms with Crippen molar-refractivity contribution >= 4 is 17.8 Å². The summed E-state index contributed by atoms with van der Waals surface area (Å²) in [5.41, 5.74) is 4.94. The number of rotatable bonds is 4. The molecule has 1 saturated heterocycles. The molecule has 1 unspecified atom stereocenters. The molecule has 2 bridgehead atoms. The van der Waals surface area contributed by atoms with Gasteiger partial charge in [-0.3, -0.25) is 29.1 Å². The molecule has 0 saturated carbocycles. The molecule has 0 aliphatic carbocycles. The highest BCUT2D eigenvalue weighted by molar-refractivity contribution is 6.21. The zero-order chi connectivity index (χ0) is 33.8. The van der Waals surface area contributed by atoms with Crippen LogP contribution >= 0.6 is 0 Å². The molecule has 1 fully saturated rings. The van der Waals surface area contributed by atoms with Gasteiger partial charge < -0.3 is 24.1 Å². The molecule has 0 radical (unpaired) electrons. The number of hydrogen-bond acceptors (Lipinski definition) is 11. The van der Waals surface area contributed by atoms with Gasteiger partial charge in [0.25, 0.3) is 11.8 Å². The number of phenolic OH excluding ortho intramolecular Hbond substituents is 1. The molecule has 5 aliphatic heterocycles. The summed E-state index contributed by atoms with van der Waals surface area (Å²) < 4.78 is 23.6. The summed E-state index contributed by atoms with van der Waals surface area (Å²) in [6.07, 6.45) is 0.794. The molecule has 246 valence electrons. The highest BCUT2D eigenvalue weighted by atomic mass is 16.7. The van der Waals surface area contributed by atoms with E-state index in [2.05, 4.69) is 15.9 Å². The minimum atomic E-state index is -0.745. The van der Waals surface area contributed by atoms with E-state index in [1.807, 2.05) is 20.0 Å². The largest absolute Gasteiger partial charge is 0.504 e. The summed E-state index contributed by atoms with van der Waals surface area (Å²) in [5.74, 6) is 0.250. The van der Waals surface area contributed by atoms with E-state index in [0.29, 0.717) is 69.2 Å². The zero-order valence-electron chi connectivity index (χ0n) is 27.2. The van der Waals surface area contributed by atoms with Gasteiger partial charge >= 0.3 is 5.97 Å². The summed E-state index contributed by atoms with van der Waals surface area (Å²) in [6, 6.07) is 8.71. The number of nitrogens with zero attached hydrogens (tertiary/aromatic N) is 4. The van der Waals surface area contributed by atoms with Crippen molar-refractivity contribution in [3.63, 3.8) is 0 Å². The number of likely N-dealkylation sites (N-methyl/N-ethyl adjacent to an activating group) is 1. The first-order valence-electron chi connectivity index (χ1n) is 15.9. The summed E-state index contributed by atoms with van der Waals surface area (Å²) >= 11 is 0. The van der Waals surface area contributed by atoms with Gasteiger partial charge in [-0.05, 0) is 57.0 Å². The van der Waals surface area contributed by atoms with Crippen LogP contribution in [0.1, 0.15) is 73.1 Å². The number of carbonyl (C=O) groups excluding carboxylic acids is 3. The predicted octanol–water partition coefficient (Wildman–Crippen LogP) is 3.74. The summed E-state index contributed by atoms with van der Waals surface area (Å²) in [4.78, 5) is 45.6. The minimum absolute atomic E-state index is 0.0444. The van der Waals surface area contributed by atoms with Crippen molar-refractivity contribution in [1.82, 2.24) is 14.7 Å². The lowest BCUT2D eigenvalue weighted by Gasteiger charge is -2.60. The number of methoxy groups -OCH3 is 1. The highest BCUT2D eigenvalue weighted by Gasteiger charge is 2.57. The van der Waals surface area contributed by atoms with Crippen LogP contribution in [0.5, 0.6) is 28.7 Å². The van der Waals surface area contributed by atoms with Gasteiger partial charge in [-0.25, -0.2) is 0 Å². The second kappa shape index (κ2) is 10.7. The average Bonchev–Trinajstić information content (AvgIpc) is 3.64. The van der Waals surface area contributed by atoms with Crippen LogP contribution < -0.4 is 18.9 Å². The summed E-state index contributed by atoms with van der Waals surface area (Å²) in [5, 5.41) is 22.6. The number of nitriles is 1. The Kier molecular flexibility index (Phi) is 6.74. The Morgan fingerprint density at radius 1 is 1.04 bits per heavy atom. The number of esters is 1. The first kappa shape index (κ1) is 30.2. The molecule has 5 aliphatic rings. The first-order valence-corrected chi connectivity index (χ1v) is 15.9. The number of carbonyl (C=O) groups is 3. The number of phenols is 1. The maximum absolute atomic E-state index is 13.8. The van der Waals surface area contributed by atoms with Gasteiger partial charge in [-0.1, -0.05) is 18.2 Å². The number of benzene rings is 3. The number of amides is 2. The Labute approximate surface area is 276 Å². The molecule has 1 N–H and O–H groups in total. The fraction of sp³-hybridized carbons (Fsp3) is 0.389. The third-order valence-corrected chi connectivity index (χ3v) is 10.7. The van der Waals surface area contributed by atoms with Gasteiger partial charge in [0, 0.05) is 47.8 Å². The van der Waals surface area contributed by atoms with Crippen LogP contribution in [0.4, 0.5) is 0 Å². The monoisotopic (exact) mass is 650 g/mol. The van der Waals surface area contributed by atoms with Crippen LogP contribution in [0.15, 0.2) is 30.3 Å². The quantitative estimate of drug-likeness (QED) is 0.251. The number of ether oxygens (including phenoxy) is 4. The van der Waals surface area contributed by atoms with Crippen LogP contribution in [-0.4, -0.2) is 83.2 Å². The third-order valence-electron chi connectivity index (χ3n) is 10.7. The van der Waals surface area contributed by atoms with Gasteiger partial charge in [0.05, 0.1) is 36.4 Å². The van der Waals surface area contributed by atoms with Crippen molar-refractivity contribution in [2.24, 2.45) is 0 Å². The van der Waals surface area contributed by atoms with Crippen molar-refractivity contribution in [1.29, 1.82) is 5.26 Å². The van der Waals surface area contributed by atoms with Crippen molar-refractivity contribution in [2.45, 2.75) is 63.8 Å². The van der Waals surface area contributed by atoms with Crippen LogP contribution in [0.2, 0.25) is 0 Å². The Hall–Kier alpha value is -5.12. The van der Waals surface area contributed by atoms with E-state index >= 15 is 0 Å². The molecular weight excluding hydrogens is 616 g/mol. The number of fused-ring (bicyclic) bond motifs is 10. The van der Waals surface area contributed by atoms with Crippen LogP contribution in [0.25, 0.3) is 0 Å². The number of piperazine rings is 1. The van der Waals surface area contributed by atoms with Gasteiger partial charge in [0.1, 0.15) is 11.8 Å². The van der Waals surface area contributed by atoms with Crippen molar-refractivity contribution in [3.05, 3.63) is 74.8 Å². The Morgan fingerprint density at radius 2 is 1.73 bits per heavy atom. The van der Waals surface area contributed by atoms with Crippen LogP contribution in [-0.2, 0) is 17.6 Å². The summed E-state index contributed by atoms with van der Waals surface area (Å²) in [6.45, 7) is 4.86. The molecule has 12 nitrogen and oxygen atoms in total. The lowest BCUT2D eigenvalue weighted by atomic mass is 9.71. The van der Waals surface area contributed by atoms with Crippen molar-refractivity contribution in [3.8, 4) is 34.8 Å². The van der Waals surface area contributed by atoms with E-state index in [9.17, 15) is 24.8 Å². The SMILES string of the molecule is COc1c(C)cc2c(c1O)[C@@H]1[C@@H]3Cc4c(OC(C)=O)c(C)c5c(c4[C@H](CN4C(=O)c6ccccc6C4=O)N3C(C#N)[C@H](C2)N1C)OCO5. The first-order chi connectivity index (χ1) is 23.1. The molecular formula is C36H34N4O8. The molecule has 48 heavy (non-hydrogen) atoms. The van der Waals surface area contributed by atoms with Crippen LogP contribution in [0.3, 0.4) is 0 Å². The lowest BCUT2D eigenvalue weighted by molar-refractivity contribution is -0.132. The van der Waals surface area contributed by atoms with E-state index in [1.165, 1.54) is 18.9 Å². The molecule has 8 rings (SSSR count). The van der Waals surface area contributed by atoms with Crippen molar-refractivity contribution < 1.29 is 38.4 Å². The number of aryl methyl sites for hydroxylation is 1. The number of hydrogen-bond donors (Lipinski definition) is 1. The standard InChI is InChI=1S/C36H34N4O8/c1-16-10-19-11-23-25(13-37)40-24(29(38(23)4)27(19)30(42)31(16)45-5)12-22-28(34-33(46-15-47-34)17(2)32(22)48-18(3)41)26(40)14-39-35(43)20-8-6-7-9-21(20)36(39)44/h6-10,23-26,29,42H,11-12,14-15H2,1-5H3/t23-,24-,25?,26-,29-/m0/s1. The normalized spacial score (nSPS) is 25.2. The van der Waals surface area contributed by atoms with Gasteiger partial charge in [-0.2, -0.15) is 5.26 Å². The minimum Gasteiger partial charge on any atom is -0.504 e. The molecule has 2 amide bonds. The van der Waals surface area contributed by atoms with Gasteiger partial charge in [0.15, 0.2) is 23.0 Å². The maximum Gasteiger partial charge on any atom is 0.308 e. The predicted molar refractivity (Wildman–Crippen MR) is 169 cm³/mol. The number of aromatic hydroxyl groups is 1. The Balaban J connectivity index is 1.38. The Bertz CT molecular complexity index is 1970. The van der Waals surface area contributed by atoms with E-state index < -0.39 is 42.0 Å². The molecule has 5 atom stereocenters. The second-order valence-corrected chi connectivity index (χ2v) is 13.1. The fourth-order valence-corrected chi connectivity index (χ4v) is 8.87. The topological polar surface area (TPSA) is 142 Å². The fourth-order valence-electron chi connectivity index (χ4n) is 8.87. The smallest absolute Gasteiger partial charge is 0.308 e. The molecule has 3 aromatic rings. The second-order valence-electron chi connectivity index (χ2n) is 13.1. The average molecular weight is 651 g/mol. The summed E-state index contributed by atoms with van der Waals surface area (Å²) in [7, 11) is 3.48. The van der Waals surface area contributed by atoms with Gasteiger partial charge in [-0.15, -0.1) is 0 Å². The van der Waals surface area contributed by atoms with E-state index in [1.54, 1.807) is 31.2 Å². The molecule has 5 heterocycles. The third kappa shape index (κ3) is 3.98. The maximum atomic E-state index is 13.8. The van der Waals surface area contributed by atoms with E-state index in [0.717, 1.165) is 11.1 Å². The van der Waals surface area contributed by atoms with E-state index in [4.69, 9.17) is 18.9 Å². The molecule has 0 aromatic heterocycles. The molecule has 3 aromatic carbocycles. The zero-order valence-corrected chi connectivity index (χ0v) is 27.2.